The maximum Gasteiger partial charge on any atom is 0.257 e. The lowest BCUT2D eigenvalue weighted by atomic mass is 10.0. The Hall–Kier alpha value is -1.89. The molecule has 2 aromatic heterocycles. The molecule has 3 aromatic rings. The predicted molar refractivity (Wildman–Crippen MR) is 124 cm³/mol. The maximum atomic E-state index is 13.1. The summed E-state index contributed by atoms with van der Waals surface area (Å²) < 4.78 is 2.00. The molecule has 6 nitrogen and oxygen atoms in total. The van der Waals surface area contributed by atoms with Gasteiger partial charge in [0.25, 0.3) is 5.91 Å². The van der Waals surface area contributed by atoms with Gasteiger partial charge in [0.15, 0.2) is 5.65 Å². The molecule has 0 unspecified atom stereocenters. The highest BCUT2D eigenvalue weighted by atomic mass is 35.5. The second-order valence-electron chi connectivity index (χ2n) is 6.37. The number of rotatable bonds is 10. The molecule has 0 aliphatic carbocycles. The Kier molecular flexibility index (Phi) is 7.70. The van der Waals surface area contributed by atoms with Gasteiger partial charge in [-0.1, -0.05) is 19.1 Å². The van der Waals surface area contributed by atoms with Crippen LogP contribution in [-0.2, 0) is 6.42 Å². The molecule has 0 saturated heterocycles. The average Bonchev–Trinajstić information content (AvgIpc) is 3.12. The first-order valence-corrected chi connectivity index (χ1v) is 11.2. The van der Waals surface area contributed by atoms with Crippen LogP contribution in [0.2, 0.25) is 0 Å². The summed E-state index contributed by atoms with van der Waals surface area (Å²) in [5.41, 5.74) is 4.51. The van der Waals surface area contributed by atoms with E-state index in [9.17, 15) is 4.79 Å². The van der Waals surface area contributed by atoms with Gasteiger partial charge in [-0.2, -0.15) is 0 Å². The van der Waals surface area contributed by atoms with E-state index in [1.54, 1.807) is 0 Å². The molecule has 0 aliphatic heterocycles. The summed E-state index contributed by atoms with van der Waals surface area (Å²) in [4.78, 5) is 17.9. The highest BCUT2D eigenvalue weighted by Gasteiger charge is 2.25. The van der Waals surface area contributed by atoms with Crippen molar-refractivity contribution in [3.05, 3.63) is 35.4 Å². The zero-order chi connectivity index (χ0) is 20.8. The third-order valence-corrected chi connectivity index (χ3v) is 5.16. The molecule has 0 spiro atoms. The van der Waals surface area contributed by atoms with Gasteiger partial charge in [0.1, 0.15) is 11.4 Å². The van der Waals surface area contributed by atoms with E-state index < -0.39 is 0 Å². The first kappa shape index (κ1) is 21.8. The third-order valence-electron chi connectivity index (χ3n) is 4.59. The molecular formula is C20H24Cl3N5O. The number of halogens is 3. The van der Waals surface area contributed by atoms with Crippen LogP contribution in [0.5, 0.6) is 0 Å². The lowest BCUT2D eigenvalue weighted by Crippen LogP contribution is -2.28. The number of amides is 1. The molecule has 3 N–H and O–H groups in total. The molecule has 0 atom stereocenters. The molecule has 156 valence electrons. The van der Waals surface area contributed by atoms with E-state index in [0.29, 0.717) is 54.9 Å². The number of imidazole rings is 1. The highest BCUT2D eigenvalue weighted by Crippen LogP contribution is 2.35. The fourth-order valence-electron chi connectivity index (χ4n) is 3.46. The monoisotopic (exact) mass is 455 g/mol. The van der Waals surface area contributed by atoms with E-state index >= 15 is 0 Å². The van der Waals surface area contributed by atoms with Crippen molar-refractivity contribution in [2.75, 3.05) is 47.9 Å². The molecule has 1 amide bonds. The molecule has 1 aromatic carbocycles. The van der Waals surface area contributed by atoms with Gasteiger partial charge in [0, 0.05) is 42.8 Å². The Labute approximate surface area is 184 Å². The lowest BCUT2D eigenvalue weighted by molar-refractivity contribution is 0.0958. The summed E-state index contributed by atoms with van der Waals surface area (Å²) in [6.07, 6.45) is 0.702. The molecular weight excluding hydrogens is 433 g/mol. The topological polar surface area (TPSA) is 70.5 Å². The first-order valence-electron chi connectivity index (χ1n) is 9.57. The molecule has 0 saturated carbocycles. The van der Waals surface area contributed by atoms with Crippen LogP contribution in [0, 0.1) is 0 Å². The van der Waals surface area contributed by atoms with Crippen molar-refractivity contribution in [1.29, 1.82) is 0 Å². The smallest absolute Gasteiger partial charge is 0.257 e. The molecule has 3 rings (SSSR count). The second kappa shape index (κ2) is 10.2. The van der Waals surface area contributed by atoms with Gasteiger partial charge in [-0.15, -0.1) is 34.8 Å². The van der Waals surface area contributed by atoms with Gasteiger partial charge >= 0.3 is 0 Å². The number of benzene rings is 1. The highest BCUT2D eigenvalue weighted by molar-refractivity contribution is 6.19. The van der Waals surface area contributed by atoms with E-state index in [1.807, 2.05) is 28.7 Å². The standard InChI is InChI=1S/C20H24Cl3N5O/c1-2-13-17(24-10-7-21)16(20(29)26-12-9-23)19-27-14-5-3-4-6-15(14)28(19)18(13)25-11-8-22/h3-6,24-25H,2,7-12H2,1H3,(H,26,29). The van der Waals surface area contributed by atoms with E-state index in [1.165, 1.54) is 0 Å². The third kappa shape index (κ3) is 4.34. The van der Waals surface area contributed by atoms with Crippen molar-refractivity contribution in [2.24, 2.45) is 0 Å². The summed E-state index contributed by atoms with van der Waals surface area (Å²) in [7, 11) is 0. The van der Waals surface area contributed by atoms with Gasteiger partial charge in [-0.3, -0.25) is 9.20 Å². The molecule has 0 aliphatic rings. The summed E-state index contributed by atoms with van der Waals surface area (Å²) >= 11 is 17.7. The van der Waals surface area contributed by atoms with Crippen molar-refractivity contribution in [2.45, 2.75) is 13.3 Å². The summed E-state index contributed by atoms with van der Waals surface area (Å²) in [6, 6.07) is 7.82. The Morgan fingerprint density at radius 3 is 2.41 bits per heavy atom. The van der Waals surface area contributed by atoms with E-state index in [2.05, 4.69) is 22.9 Å². The number of carbonyl (C=O) groups excluding carboxylic acids is 1. The number of nitrogens with zero attached hydrogens (tertiary/aromatic N) is 2. The number of fused-ring (bicyclic) bond motifs is 3. The SMILES string of the molecule is CCc1c(NCCCl)c(C(=O)NCCCl)c2nc3ccccc3n2c1NCCCl. The molecule has 0 fully saturated rings. The fourth-order valence-corrected chi connectivity index (χ4v) is 3.75. The normalized spacial score (nSPS) is 11.2. The first-order chi connectivity index (χ1) is 14.2. The molecule has 29 heavy (non-hydrogen) atoms. The minimum Gasteiger partial charge on any atom is -0.383 e. The quantitative estimate of drug-likeness (QED) is 0.397. The minimum absolute atomic E-state index is 0.221. The van der Waals surface area contributed by atoms with Crippen LogP contribution < -0.4 is 16.0 Å². The zero-order valence-electron chi connectivity index (χ0n) is 16.2. The Bertz CT molecular complexity index is 1000. The lowest BCUT2D eigenvalue weighted by Gasteiger charge is -2.22. The summed E-state index contributed by atoms with van der Waals surface area (Å²) in [5.74, 6) is 1.86. The number of anilines is 2. The Balaban J connectivity index is 2.39. The van der Waals surface area contributed by atoms with Crippen LogP contribution in [0.1, 0.15) is 22.8 Å². The van der Waals surface area contributed by atoms with Gasteiger partial charge in [-0.25, -0.2) is 4.98 Å². The number of aromatic nitrogens is 2. The van der Waals surface area contributed by atoms with Crippen LogP contribution in [0.4, 0.5) is 11.5 Å². The number of carbonyl (C=O) groups is 1. The van der Waals surface area contributed by atoms with Crippen LogP contribution >= 0.6 is 34.8 Å². The fraction of sp³-hybridized carbons (Fsp3) is 0.400. The number of hydrogen-bond donors (Lipinski definition) is 3. The van der Waals surface area contributed by atoms with E-state index in [4.69, 9.17) is 39.8 Å². The van der Waals surface area contributed by atoms with Gasteiger partial charge in [0.2, 0.25) is 0 Å². The molecule has 0 bridgehead atoms. The predicted octanol–water partition coefficient (Wildman–Crippen LogP) is 4.32. The van der Waals surface area contributed by atoms with E-state index in [-0.39, 0.29) is 5.91 Å². The molecule has 9 heteroatoms. The summed E-state index contributed by atoms with van der Waals surface area (Å²) in [5, 5.41) is 9.64. The number of hydrogen-bond acceptors (Lipinski definition) is 4. The molecule has 2 heterocycles. The van der Waals surface area contributed by atoms with Crippen molar-refractivity contribution < 1.29 is 4.79 Å². The Morgan fingerprint density at radius 1 is 1.03 bits per heavy atom. The number of pyridine rings is 1. The summed E-state index contributed by atoms with van der Waals surface area (Å²) in [6.45, 7) is 3.53. The second-order valence-corrected chi connectivity index (χ2v) is 7.50. The van der Waals surface area contributed by atoms with E-state index in [0.717, 1.165) is 28.1 Å². The van der Waals surface area contributed by atoms with Crippen molar-refractivity contribution in [3.63, 3.8) is 0 Å². The maximum absolute atomic E-state index is 13.1. The van der Waals surface area contributed by atoms with Gasteiger partial charge < -0.3 is 16.0 Å². The largest absolute Gasteiger partial charge is 0.383 e. The average molecular weight is 457 g/mol. The minimum atomic E-state index is -0.221. The van der Waals surface area contributed by atoms with Crippen molar-refractivity contribution >= 4 is 68.9 Å². The van der Waals surface area contributed by atoms with Crippen LogP contribution in [0.3, 0.4) is 0 Å². The Morgan fingerprint density at radius 2 is 1.72 bits per heavy atom. The van der Waals surface area contributed by atoms with Crippen molar-refractivity contribution in [3.8, 4) is 0 Å². The van der Waals surface area contributed by atoms with Gasteiger partial charge in [-0.05, 0) is 18.6 Å². The van der Waals surface area contributed by atoms with Crippen LogP contribution in [-0.4, -0.2) is 52.6 Å². The zero-order valence-corrected chi connectivity index (χ0v) is 18.5. The van der Waals surface area contributed by atoms with Crippen molar-refractivity contribution in [1.82, 2.24) is 14.7 Å². The molecule has 0 radical (unpaired) electrons. The number of nitrogens with one attached hydrogen (secondary N) is 3. The van der Waals surface area contributed by atoms with Crippen LogP contribution in [0.25, 0.3) is 16.7 Å². The number of para-hydroxylation sites is 2. The number of alkyl halides is 3. The van der Waals surface area contributed by atoms with Gasteiger partial charge in [0.05, 0.1) is 16.7 Å². The van der Waals surface area contributed by atoms with Crippen LogP contribution in [0.15, 0.2) is 24.3 Å².